The summed E-state index contributed by atoms with van der Waals surface area (Å²) in [6, 6.07) is 6.00. The third kappa shape index (κ3) is 4.66. The zero-order valence-corrected chi connectivity index (χ0v) is 20.1. The molecule has 1 aromatic carbocycles. The molecule has 0 radical (unpaired) electrons. The second-order valence-electron chi connectivity index (χ2n) is 9.45. The summed E-state index contributed by atoms with van der Waals surface area (Å²) in [6.45, 7) is 4.21. The van der Waals surface area contributed by atoms with Gasteiger partial charge in [-0.1, -0.05) is 24.9 Å². The number of benzene rings is 1. The number of carbonyl (C=O) groups is 1. The van der Waals surface area contributed by atoms with Crippen molar-refractivity contribution in [3.05, 3.63) is 35.0 Å². The number of piperidine rings is 1. The van der Waals surface area contributed by atoms with Gasteiger partial charge in [0.2, 0.25) is 5.95 Å². The van der Waals surface area contributed by atoms with Crippen LogP contribution in [0.15, 0.2) is 24.4 Å². The van der Waals surface area contributed by atoms with Gasteiger partial charge in [-0.15, -0.1) is 0 Å². The maximum Gasteiger partial charge on any atom is 0.256 e. The van der Waals surface area contributed by atoms with E-state index in [-0.39, 0.29) is 12.0 Å². The fraction of sp³-hybridized carbons (Fsp3) is 0.560. The average Bonchev–Trinajstić information content (AvgIpc) is 2.80. The van der Waals surface area contributed by atoms with Gasteiger partial charge in [-0.3, -0.25) is 4.79 Å². The Morgan fingerprint density at radius 1 is 1.21 bits per heavy atom. The Hall–Kier alpha value is -2.38. The summed E-state index contributed by atoms with van der Waals surface area (Å²) >= 11 is 6.44. The summed E-state index contributed by atoms with van der Waals surface area (Å²) in [5, 5.41) is 3.86. The number of halogens is 1. The Balaban J connectivity index is 1.33. The first kappa shape index (κ1) is 22.4. The van der Waals surface area contributed by atoms with E-state index < -0.39 is 6.10 Å². The molecule has 0 spiro atoms. The van der Waals surface area contributed by atoms with E-state index in [0.29, 0.717) is 23.2 Å². The van der Waals surface area contributed by atoms with Crippen molar-refractivity contribution in [3.63, 3.8) is 0 Å². The molecule has 1 aromatic heterocycles. The zero-order chi connectivity index (χ0) is 22.9. The van der Waals surface area contributed by atoms with Crippen LogP contribution in [0.25, 0.3) is 0 Å². The van der Waals surface area contributed by atoms with Gasteiger partial charge in [-0.2, -0.15) is 4.98 Å². The second-order valence-corrected chi connectivity index (χ2v) is 9.86. The lowest BCUT2D eigenvalue weighted by atomic mass is 9.94. The first-order valence-electron chi connectivity index (χ1n) is 12.1. The van der Waals surface area contributed by atoms with Crippen LogP contribution in [0, 0.1) is 5.92 Å². The first-order valence-corrected chi connectivity index (χ1v) is 12.5. The molecular formula is C25H32ClN5O2. The van der Waals surface area contributed by atoms with Crippen LogP contribution in [0.3, 0.4) is 0 Å². The van der Waals surface area contributed by atoms with Crippen molar-refractivity contribution in [3.8, 4) is 0 Å². The van der Waals surface area contributed by atoms with E-state index in [1.165, 1.54) is 25.7 Å². The lowest BCUT2D eigenvalue weighted by Crippen LogP contribution is -2.46. The van der Waals surface area contributed by atoms with Gasteiger partial charge < -0.3 is 19.9 Å². The number of aromatic nitrogens is 2. The van der Waals surface area contributed by atoms with Gasteiger partial charge in [0.15, 0.2) is 5.82 Å². The van der Waals surface area contributed by atoms with E-state index in [1.54, 1.807) is 11.1 Å². The Morgan fingerprint density at radius 2 is 2.00 bits per heavy atom. The van der Waals surface area contributed by atoms with Gasteiger partial charge >= 0.3 is 0 Å². The predicted molar refractivity (Wildman–Crippen MR) is 132 cm³/mol. The monoisotopic (exact) mass is 469 g/mol. The zero-order valence-electron chi connectivity index (χ0n) is 19.4. The molecule has 33 heavy (non-hydrogen) atoms. The lowest BCUT2D eigenvalue weighted by molar-refractivity contribution is -0.137. The van der Waals surface area contributed by atoms with Crippen LogP contribution in [0.5, 0.6) is 0 Å². The van der Waals surface area contributed by atoms with E-state index in [1.807, 2.05) is 19.2 Å². The molecule has 3 aliphatic rings. The van der Waals surface area contributed by atoms with E-state index in [9.17, 15) is 4.79 Å². The molecule has 8 heteroatoms. The van der Waals surface area contributed by atoms with Gasteiger partial charge in [-0.25, -0.2) is 4.98 Å². The molecule has 2 aliphatic heterocycles. The molecular weight excluding hydrogens is 438 g/mol. The Kier molecular flexibility index (Phi) is 6.43. The van der Waals surface area contributed by atoms with Crippen LogP contribution >= 0.6 is 11.6 Å². The molecule has 1 amide bonds. The van der Waals surface area contributed by atoms with E-state index in [0.717, 1.165) is 48.8 Å². The molecule has 7 nitrogen and oxygen atoms in total. The Bertz CT molecular complexity index is 1020. The van der Waals surface area contributed by atoms with Crippen molar-refractivity contribution in [2.75, 3.05) is 35.3 Å². The smallest absolute Gasteiger partial charge is 0.256 e. The molecule has 0 bridgehead atoms. The SMILES string of the molecule is CCC1CCN(c2ncc(Cl)c(Nc3ccc4c(c3)CC(OC3CCC3)C(=O)N4C)n2)CC1. The summed E-state index contributed by atoms with van der Waals surface area (Å²) in [7, 11) is 1.82. The lowest BCUT2D eigenvalue weighted by Gasteiger charge is -2.36. The molecule has 1 aliphatic carbocycles. The normalized spacial score (nSPS) is 21.7. The highest BCUT2D eigenvalue weighted by atomic mass is 35.5. The number of amides is 1. The first-order chi connectivity index (χ1) is 16.0. The Labute approximate surface area is 200 Å². The molecule has 2 fully saturated rings. The maximum absolute atomic E-state index is 12.8. The van der Waals surface area contributed by atoms with Gasteiger partial charge in [0.1, 0.15) is 11.1 Å². The minimum Gasteiger partial charge on any atom is -0.365 e. The molecule has 1 atom stereocenters. The van der Waals surface area contributed by atoms with Crippen molar-refractivity contribution in [1.82, 2.24) is 9.97 Å². The number of carbonyl (C=O) groups excluding carboxylic acids is 1. The van der Waals surface area contributed by atoms with Crippen LogP contribution in [0.2, 0.25) is 5.02 Å². The van der Waals surface area contributed by atoms with Crippen LogP contribution in [-0.4, -0.2) is 48.2 Å². The Morgan fingerprint density at radius 3 is 2.70 bits per heavy atom. The second kappa shape index (κ2) is 9.47. The molecule has 3 heterocycles. The number of rotatable bonds is 6. The fourth-order valence-electron chi connectivity index (χ4n) is 4.90. The van der Waals surface area contributed by atoms with Crippen LogP contribution in [-0.2, 0) is 16.0 Å². The summed E-state index contributed by atoms with van der Waals surface area (Å²) in [6.07, 6.45) is 8.92. The number of ether oxygens (including phenoxy) is 1. The number of likely N-dealkylation sites (N-methyl/N-ethyl adjacent to an activating group) is 1. The molecule has 1 saturated carbocycles. The van der Waals surface area contributed by atoms with Gasteiger partial charge in [0.05, 0.1) is 12.3 Å². The highest BCUT2D eigenvalue weighted by molar-refractivity contribution is 6.32. The number of nitrogens with one attached hydrogen (secondary N) is 1. The summed E-state index contributed by atoms with van der Waals surface area (Å²) in [4.78, 5) is 25.9. The van der Waals surface area contributed by atoms with Crippen molar-refractivity contribution in [2.45, 2.75) is 64.1 Å². The van der Waals surface area contributed by atoms with Crippen molar-refractivity contribution >= 4 is 40.6 Å². The molecule has 5 rings (SSSR count). The number of nitrogens with zero attached hydrogens (tertiary/aromatic N) is 4. The van der Waals surface area contributed by atoms with Crippen molar-refractivity contribution < 1.29 is 9.53 Å². The highest BCUT2D eigenvalue weighted by Crippen LogP contribution is 2.34. The highest BCUT2D eigenvalue weighted by Gasteiger charge is 2.34. The third-order valence-corrected chi connectivity index (χ3v) is 7.61. The summed E-state index contributed by atoms with van der Waals surface area (Å²) in [5.74, 6) is 2.14. The topological polar surface area (TPSA) is 70.6 Å². The molecule has 2 aromatic rings. The van der Waals surface area contributed by atoms with Crippen molar-refractivity contribution in [1.29, 1.82) is 0 Å². The van der Waals surface area contributed by atoms with Crippen LogP contribution in [0.4, 0.5) is 23.1 Å². The average molecular weight is 470 g/mol. The molecule has 1 N–H and O–H groups in total. The predicted octanol–water partition coefficient (Wildman–Crippen LogP) is 4.96. The number of hydrogen-bond donors (Lipinski definition) is 1. The molecule has 1 unspecified atom stereocenters. The summed E-state index contributed by atoms with van der Waals surface area (Å²) < 4.78 is 6.08. The quantitative estimate of drug-likeness (QED) is 0.645. The molecule has 1 saturated heterocycles. The fourth-order valence-corrected chi connectivity index (χ4v) is 5.04. The van der Waals surface area contributed by atoms with Crippen LogP contribution < -0.4 is 15.1 Å². The van der Waals surface area contributed by atoms with Gasteiger partial charge in [0, 0.05) is 37.9 Å². The van der Waals surface area contributed by atoms with Crippen molar-refractivity contribution in [2.24, 2.45) is 5.92 Å². The molecule has 176 valence electrons. The largest absolute Gasteiger partial charge is 0.365 e. The van der Waals surface area contributed by atoms with E-state index >= 15 is 0 Å². The minimum atomic E-state index is -0.414. The standard InChI is InChI=1S/C25H32ClN5O2/c1-3-16-9-11-31(12-10-16)25-27-15-20(26)23(29-25)28-18-7-8-21-17(13-18)14-22(24(32)30(21)2)33-19-5-4-6-19/h7-8,13,15-16,19,22H,3-6,9-12,14H2,1-2H3,(H,27,28,29). The van der Waals surface area contributed by atoms with Crippen LogP contribution in [0.1, 0.15) is 51.0 Å². The maximum atomic E-state index is 12.8. The third-order valence-electron chi connectivity index (χ3n) is 7.33. The van der Waals surface area contributed by atoms with Gasteiger partial charge in [-0.05, 0) is 61.8 Å². The van der Waals surface area contributed by atoms with E-state index in [4.69, 9.17) is 21.3 Å². The minimum absolute atomic E-state index is 0.0328. The summed E-state index contributed by atoms with van der Waals surface area (Å²) in [5.41, 5.74) is 2.89. The number of fused-ring (bicyclic) bond motifs is 1. The number of hydrogen-bond acceptors (Lipinski definition) is 6. The number of anilines is 4. The van der Waals surface area contributed by atoms with Gasteiger partial charge in [0.25, 0.3) is 5.91 Å². The van der Waals surface area contributed by atoms with E-state index in [2.05, 4.69) is 28.2 Å².